The molecule has 2 rings (SSSR count). The van der Waals surface area contributed by atoms with Crippen molar-refractivity contribution in [3.63, 3.8) is 0 Å². The van der Waals surface area contributed by atoms with Crippen LogP contribution in [0, 0.1) is 0 Å². The molecule has 1 aromatic heterocycles. The first-order valence-corrected chi connectivity index (χ1v) is 5.27. The predicted molar refractivity (Wildman–Crippen MR) is 65.5 cm³/mol. The molecule has 17 heavy (non-hydrogen) atoms. The van der Waals surface area contributed by atoms with E-state index in [0.29, 0.717) is 12.2 Å². The minimum atomic E-state index is -0.222. The SMILES string of the molecule is Cn1cnc(C(=O)Nc2cccc(CN)c2)c1. The molecule has 0 aliphatic carbocycles. The number of aryl methyl sites for hydroxylation is 1. The van der Waals surface area contributed by atoms with Crippen LogP contribution in [0.5, 0.6) is 0 Å². The van der Waals surface area contributed by atoms with Crippen LogP contribution in [0.4, 0.5) is 5.69 Å². The third-order valence-corrected chi connectivity index (χ3v) is 2.36. The molecule has 0 atom stereocenters. The Hall–Kier alpha value is -2.14. The minimum Gasteiger partial charge on any atom is -0.340 e. The van der Waals surface area contributed by atoms with Crippen LogP contribution in [0.2, 0.25) is 0 Å². The standard InChI is InChI=1S/C12H14N4O/c1-16-7-11(14-8-16)12(17)15-10-4-2-3-9(5-10)6-13/h2-5,7-8H,6,13H2,1H3,(H,15,17). The number of nitrogens with two attached hydrogens (primary N) is 1. The summed E-state index contributed by atoms with van der Waals surface area (Å²) in [6.45, 7) is 0.452. The van der Waals surface area contributed by atoms with Crippen molar-refractivity contribution in [2.75, 3.05) is 5.32 Å². The second-order valence-electron chi connectivity index (χ2n) is 3.78. The summed E-state index contributed by atoms with van der Waals surface area (Å²) in [5.74, 6) is -0.222. The Morgan fingerprint density at radius 3 is 3.00 bits per heavy atom. The molecule has 0 saturated heterocycles. The summed E-state index contributed by atoms with van der Waals surface area (Å²) in [4.78, 5) is 15.8. The molecule has 1 aromatic carbocycles. The quantitative estimate of drug-likeness (QED) is 0.830. The van der Waals surface area contributed by atoms with Gasteiger partial charge in [0.25, 0.3) is 5.91 Å². The van der Waals surface area contributed by atoms with Crippen molar-refractivity contribution < 1.29 is 4.79 Å². The summed E-state index contributed by atoms with van der Waals surface area (Å²) in [5, 5.41) is 2.78. The highest BCUT2D eigenvalue weighted by atomic mass is 16.1. The molecule has 1 amide bonds. The number of aromatic nitrogens is 2. The fourth-order valence-corrected chi connectivity index (χ4v) is 1.50. The zero-order chi connectivity index (χ0) is 12.3. The number of carbonyl (C=O) groups is 1. The normalized spacial score (nSPS) is 10.2. The average molecular weight is 230 g/mol. The Morgan fingerprint density at radius 2 is 2.35 bits per heavy atom. The molecule has 5 nitrogen and oxygen atoms in total. The van der Waals surface area contributed by atoms with Gasteiger partial charge in [-0.3, -0.25) is 4.79 Å². The number of benzene rings is 1. The maximum atomic E-state index is 11.8. The zero-order valence-electron chi connectivity index (χ0n) is 9.55. The molecular formula is C12H14N4O. The lowest BCUT2D eigenvalue weighted by atomic mass is 10.2. The third kappa shape index (κ3) is 2.70. The van der Waals surface area contributed by atoms with Crippen molar-refractivity contribution in [3.05, 3.63) is 48.0 Å². The first-order chi connectivity index (χ1) is 8.19. The van der Waals surface area contributed by atoms with Crippen LogP contribution in [0.25, 0.3) is 0 Å². The van der Waals surface area contributed by atoms with Gasteiger partial charge >= 0.3 is 0 Å². The number of rotatable bonds is 3. The molecule has 5 heteroatoms. The average Bonchev–Trinajstić information content (AvgIpc) is 2.76. The molecule has 88 valence electrons. The van der Waals surface area contributed by atoms with Crippen LogP contribution in [-0.4, -0.2) is 15.5 Å². The second kappa shape index (κ2) is 4.80. The summed E-state index contributed by atoms with van der Waals surface area (Å²) in [6.07, 6.45) is 3.26. The lowest BCUT2D eigenvalue weighted by Crippen LogP contribution is -2.12. The van der Waals surface area contributed by atoms with E-state index in [2.05, 4.69) is 10.3 Å². The maximum absolute atomic E-state index is 11.8. The van der Waals surface area contributed by atoms with Gasteiger partial charge in [-0.25, -0.2) is 4.98 Å². The Morgan fingerprint density at radius 1 is 1.53 bits per heavy atom. The summed E-state index contributed by atoms with van der Waals surface area (Å²) in [7, 11) is 1.82. The number of amides is 1. The third-order valence-electron chi connectivity index (χ3n) is 2.36. The van der Waals surface area contributed by atoms with Gasteiger partial charge in [-0.05, 0) is 17.7 Å². The van der Waals surface area contributed by atoms with E-state index in [1.807, 2.05) is 31.3 Å². The molecule has 0 radical (unpaired) electrons. The predicted octanol–water partition coefficient (Wildman–Crippen LogP) is 1.13. The molecule has 0 spiro atoms. The molecule has 0 aliphatic rings. The van der Waals surface area contributed by atoms with E-state index < -0.39 is 0 Å². The molecule has 2 aromatic rings. The van der Waals surface area contributed by atoms with E-state index in [1.54, 1.807) is 17.1 Å². The van der Waals surface area contributed by atoms with Gasteiger partial charge in [0.2, 0.25) is 0 Å². The lowest BCUT2D eigenvalue weighted by Gasteiger charge is -2.04. The molecule has 0 aliphatic heterocycles. The maximum Gasteiger partial charge on any atom is 0.275 e. The number of nitrogens with zero attached hydrogens (tertiary/aromatic N) is 2. The van der Waals surface area contributed by atoms with Gasteiger partial charge in [0.1, 0.15) is 5.69 Å². The van der Waals surface area contributed by atoms with E-state index >= 15 is 0 Å². The number of hydrogen-bond donors (Lipinski definition) is 2. The van der Waals surface area contributed by atoms with E-state index in [9.17, 15) is 4.79 Å². The van der Waals surface area contributed by atoms with E-state index in [4.69, 9.17) is 5.73 Å². The number of imidazole rings is 1. The van der Waals surface area contributed by atoms with Crippen molar-refractivity contribution in [1.82, 2.24) is 9.55 Å². The topological polar surface area (TPSA) is 72.9 Å². The van der Waals surface area contributed by atoms with Crippen molar-refractivity contribution >= 4 is 11.6 Å². The van der Waals surface area contributed by atoms with E-state index in [0.717, 1.165) is 11.3 Å². The summed E-state index contributed by atoms with van der Waals surface area (Å²) in [5.41, 5.74) is 7.63. The second-order valence-corrected chi connectivity index (χ2v) is 3.78. The number of carbonyl (C=O) groups excluding carboxylic acids is 1. The molecule has 0 bridgehead atoms. The van der Waals surface area contributed by atoms with Gasteiger partial charge in [-0.15, -0.1) is 0 Å². The molecule has 0 saturated carbocycles. The van der Waals surface area contributed by atoms with Gasteiger partial charge in [0.15, 0.2) is 0 Å². The first-order valence-electron chi connectivity index (χ1n) is 5.27. The van der Waals surface area contributed by atoms with Crippen molar-refractivity contribution in [1.29, 1.82) is 0 Å². The molecule has 0 fully saturated rings. The summed E-state index contributed by atoms with van der Waals surface area (Å²) < 4.78 is 1.73. The monoisotopic (exact) mass is 230 g/mol. The van der Waals surface area contributed by atoms with Crippen LogP contribution >= 0.6 is 0 Å². The van der Waals surface area contributed by atoms with Gasteiger partial charge < -0.3 is 15.6 Å². The molecule has 3 N–H and O–H groups in total. The zero-order valence-corrected chi connectivity index (χ0v) is 9.55. The van der Waals surface area contributed by atoms with Crippen molar-refractivity contribution in [2.24, 2.45) is 12.8 Å². The number of hydrogen-bond acceptors (Lipinski definition) is 3. The van der Waals surface area contributed by atoms with Crippen LogP contribution < -0.4 is 11.1 Å². The van der Waals surface area contributed by atoms with Gasteiger partial charge in [-0.1, -0.05) is 12.1 Å². The highest BCUT2D eigenvalue weighted by Gasteiger charge is 2.08. The lowest BCUT2D eigenvalue weighted by molar-refractivity contribution is 0.102. The van der Waals surface area contributed by atoms with Crippen molar-refractivity contribution in [3.8, 4) is 0 Å². The van der Waals surface area contributed by atoms with Gasteiger partial charge in [-0.2, -0.15) is 0 Å². The first kappa shape index (κ1) is 11.3. The van der Waals surface area contributed by atoms with E-state index in [1.165, 1.54) is 0 Å². The van der Waals surface area contributed by atoms with Crippen LogP contribution in [0.15, 0.2) is 36.8 Å². The van der Waals surface area contributed by atoms with Gasteiger partial charge in [0.05, 0.1) is 6.33 Å². The van der Waals surface area contributed by atoms with Crippen LogP contribution in [0.3, 0.4) is 0 Å². The van der Waals surface area contributed by atoms with Crippen LogP contribution in [-0.2, 0) is 13.6 Å². The van der Waals surface area contributed by atoms with Gasteiger partial charge in [0, 0.05) is 25.5 Å². The van der Waals surface area contributed by atoms with Crippen LogP contribution in [0.1, 0.15) is 16.1 Å². The Balaban J connectivity index is 2.12. The summed E-state index contributed by atoms with van der Waals surface area (Å²) in [6, 6.07) is 7.44. The largest absolute Gasteiger partial charge is 0.340 e. The molecular weight excluding hydrogens is 216 g/mol. The number of nitrogens with one attached hydrogen (secondary N) is 1. The highest BCUT2D eigenvalue weighted by molar-refractivity contribution is 6.02. The molecule has 1 heterocycles. The molecule has 0 unspecified atom stereocenters. The summed E-state index contributed by atoms with van der Waals surface area (Å²) >= 11 is 0. The fraction of sp³-hybridized carbons (Fsp3) is 0.167. The smallest absolute Gasteiger partial charge is 0.275 e. The fourth-order valence-electron chi connectivity index (χ4n) is 1.50. The Labute approximate surface area is 99.3 Å². The Bertz CT molecular complexity index is 533. The Kier molecular flexibility index (Phi) is 3.20. The van der Waals surface area contributed by atoms with Crippen molar-refractivity contribution in [2.45, 2.75) is 6.54 Å². The number of anilines is 1. The van der Waals surface area contributed by atoms with E-state index in [-0.39, 0.29) is 5.91 Å². The highest BCUT2D eigenvalue weighted by Crippen LogP contribution is 2.11. The minimum absolute atomic E-state index is 0.222.